The van der Waals surface area contributed by atoms with E-state index in [9.17, 15) is 4.79 Å². The molecule has 0 aliphatic heterocycles. The van der Waals surface area contributed by atoms with Crippen LogP contribution in [0, 0.1) is 17.4 Å². The largest absolute Gasteiger partial charge is 0.422 e. The third kappa shape index (κ3) is 1.31. The highest BCUT2D eigenvalue weighted by Crippen LogP contribution is 2.24. The molecule has 0 aromatic heterocycles. The number of aryl methyl sites for hydroxylation is 1. The SMILES string of the molecule is Cc1ccc(C(=O)Oc2cc3ccc2=3)cc1. The van der Waals surface area contributed by atoms with Crippen molar-refractivity contribution in [2.75, 3.05) is 0 Å². The van der Waals surface area contributed by atoms with E-state index in [0.717, 1.165) is 10.8 Å². The van der Waals surface area contributed by atoms with Crippen LogP contribution in [-0.4, -0.2) is 5.97 Å². The molecule has 0 heterocycles. The first-order chi connectivity index (χ1) is 7.74. The summed E-state index contributed by atoms with van der Waals surface area (Å²) in [7, 11) is 0. The van der Waals surface area contributed by atoms with E-state index < -0.39 is 0 Å². The van der Waals surface area contributed by atoms with Crippen molar-refractivity contribution in [2.24, 2.45) is 0 Å². The minimum atomic E-state index is -0.293. The molecule has 2 aliphatic carbocycles. The van der Waals surface area contributed by atoms with Crippen LogP contribution in [-0.2, 0) is 0 Å². The van der Waals surface area contributed by atoms with Gasteiger partial charge in [0.05, 0.1) is 5.56 Å². The molecule has 3 rings (SSSR count). The number of carbonyl (C=O) groups excluding carboxylic acids is 1. The first kappa shape index (κ1) is 9.16. The normalized spacial score (nSPS) is 11.1. The molecule has 16 heavy (non-hydrogen) atoms. The molecule has 0 saturated carbocycles. The van der Waals surface area contributed by atoms with Gasteiger partial charge in [-0.25, -0.2) is 4.79 Å². The fourth-order valence-electron chi connectivity index (χ4n) is 1.69. The third-order valence-electron chi connectivity index (χ3n) is 2.78. The summed E-state index contributed by atoms with van der Waals surface area (Å²) in [5.74, 6) is 0.390. The van der Waals surface area contributed by atoms with Gasteiger partial charge in [-0.2, -0.15) is 0 Å². The number of rotatable bonds is 2. The molecule has 0 N–H and O–H groups in total. The summed E-state index contributed by atoms with van der Waals surface area (Å²) in [6, 6.07) is 13.2. The fourth-order valence-corrected chi connectivity index (χ4v) is 1.69. The summed E-state index contributed by atoms with van der Waals surface area (Å²) in [6.07, 6.45) is 0. The first-order valence-electron chi connectivity index (χ1n) is 5.17. The second-order valence-corrected chi connectivity index (χ2v) is 3.97. The molecular formula is C14H10O2. The summed E-state index contributed by atoms with van der Waals surface area (Å²) in [4.78, 5) is 11.7. The molecule has 0 unspecified atom stereocenters. The lowest BCUT2D eigenvalue weighted by Gasteiger charge is -2.11. The smallest absolute Gasteiger partial charge is 0.343 e. The summed E-state index contributed by atoms with van der Waals surface area (Å²) in [6.45, 7) is 1.99. The van der Waals surface area contributed by atoms with Crippen LogP contribution in [0.5, 0.6) is 5.75 Å². The molecule has 78 valence electrons. The van der Waals surface area contributed by atoms with Crippen LogP contribution in [0.4, 0.5) is 0 Å². The average molecular weight is 210 g/mol. The molecule has 1 aromatic carbocycles. The Labute approximate surface area is 92.8 Å². The van der Waals surface area contributed by atoms with Gasteiger partial charge in [0.1, 0.15) is 5.75 Å². The van der Waals surface area contributed by atoms with Crippen molar-refractivity contribution < 1.29 is 9.53 Å². The van der Waals surface area contributed by atoms with E-state index >= 15 is 0 Å². The quantitative estimate of drug-likeness (QED) is 0.480. The predicted octanol–water partition coefficient (Wildman–Crippen LogP) is 2.81. The van der Waals surface area contributed by atoms with Crippen molar-refractivity contribution >= 4 is 5.97 Å². The molecule has 0 saturated heterocycles. The van der Waals surface area contributed by atoms with E-state index in [0.29, 0.717) is 11.3 Å². The molecular weight excluding hydrogens is 200 g/mol. The molecule has 2 nitrogen and oxygen atoms in total. The Bertz CT molecular complexity index is 654. The zero-order valence-corrected chi connectivity index (χ0v) is 8.86. The Hall–Kier alpha value is -2.09. The summed E-state index contributed by atoms with van der Waals surface area (Å²) >= 11 is 0. The predicted molar refractivity (Wildman–Crippen MR) is 60.3 cm³/mol. The lowest BCUT2D eigenvalue weighted by Crippen LogP contribution is -2.10. The summed E-state index contributed by atoms with van der Waals surface area (Å²) in [5.41, 5.74) is 1.72. The van der Waals surface area contributed by atoms with Gasteiger partial charge in [-0.3, -0.25) is 0 Å². The van der Waals surface area contributed by atoms with Gasteiger partial charge in [-0.15, -0.1) is 0 Å². The molecule has 0 atom stereocenters. The zero-order chi connectivity index (χ0) is 11.1. The van der Waals surface area contributed by atoms with Gasteiger partial charge in [0.2, 0.25) is 0 Å². The van der Waals surface area contributed by atoms with Crippen molar-refractivity contribution in [2.45, 2.75) is 6.92 Å². The van der Waals surface area contributed by atoms with Crippen LogP contribution in [0.15, 0.2) is 42.5 Å². The minimum absolute atomic E-state index is 0.293. The van der Waals surface area contributed by atoms with Crippen LogP contribution >= 0.6 is 0 Å². The van der Waals surface area contributed by atoms with E-state index in [1.807, 2.05) is 37.3 Å². The molecule has 0 spiro atoms. The zero-order valence-electron chi connectivity index (χ0n) is 8.86. The highest BCUT2D eigenvalue weighted by Gasteiger charge is 2.13. The highest BCUT2D eigenvalue weighted by atomic mass is 16.5. The number of esters is 1. The number of hydrogen-bond acceptors (Lipinski definition) is 2. The number of ether oxygens (including phenoxy) is 1. The monoisotopic (exact) mass is 210 g/mol. The van der Waals surface area contributed by atoms with Crippen molar-refractivity contribution in [3.8, 4) is 5.75 Å². The van der Waals surface area contributed by atoms with Crippen LogP contribution in [0.2, 0.25) is 0 Å². The average Bonchev–Trinajstić information content (AvgIpc) is 2.25. The summed E-state index contributed by atoms with van der Waals surface area (Å²) < 4.78 is 5.26. The number of benzene rings is 2. The topological polar surface area (TPSA) is 26.3 Å². The molecule has 0 fully saturated rings. The van der Waals surface area contributed by atoms with Gasteiger partial charge in [-0.05, 0) is 30.3 Å². The standard InChI is InChI=1S/C14H10O2/c1-9-2-4-10(5-3-9)14(15)16-13-8-11-6-7-12(11)13/h2-8H,1H3. The van der Waals surface area contributed by atoms with Crippen molar-refractivity contribution in [1.29, 1.82) is 0 Å². The lowest BCUT2D eigenvalue weighted by molar-refractivity contribution is 0.0731. The maximum atomic E-state index is 11.7. The van der Waals surface area contributed by atoms with E-state index in [-0.39, 0.29) is 5.97 Å². The Morgan fingerprint density at radius 2 is 1.81 bits per heavy atom. The minimum Gasteiger partial charge on any atom is -0.422 e. The Balaban J connectivity index is 1.80. The Morgan fingerprint density at radius 1 is 1.06 bits per heavy atom. The van der Waals surface area contributed by atoms with Crippen molar-refractivity contribution in [3.05, 3.63) is 64.0 Å². The van der Waals surface area contributed by atoms with Crippen LogP contribution in [0.25, 0.3) is 0 Å². The number of hydrogen-bond donors (Lipinski definition) is 0. The van der Waals surface area contributed by atoms with Gasteiger partial charge in [-0.1, -0.05) is 29.8 Å². The summed E-state index contributed by atoms with van der Waals surface area (Å²) in [5, 5.41) is 2.23. The van der Waals surface area contributed by atoms with Gasteiger partial charge in [0.15, 0.2) is 0 Å². The molecule has 0 radical (unpaired) electrons. The highest BCUT2D eigenvalue weighted by molar-refractivity contribution is 5.91. The molecule has 2 heteroatoms. The second-order valence-electron chi connectivity index (χ2n) is 3.97. The van der Waals surface area contributed by atoms with E-state index in [2.05, 4.69) is 0 Å². The third-order valence-corrected chi connectivity index (χ3v) is 2.78. The molecule has 0 bridgehead atoms. The van der Waals surface area contributed by atoms with Crippen LogP contribution in [0.1, 0.15) is 15.9 Å². The fraction of sp³-hybridized carbons (Fsp3) is 0.0714. The molecule has 1 aromatic rings. The second kappa shape index (κ2) is 3.20. The Kier molecular flexibility index (Phi) is 1.83. The Morgan fingerprint density at radius 3 is 2.31 bits per heavy atom. The van der Waals surface area contributed by atoms with E-state index in [1.165, 1.54) is 5.22 Å². The maximum Gasteiger partial charge on any atom is 0.343 e. The van der Waals surface area contributed by atoms with Gasteiger partial charge >= 0.3 is 5.97 Å². The van der Waals surface area contributed by atoms with E-state index in [4.69, 9.17) is 4.74 Å². The van der Waals surface area contributed by atoms with Gasteiger partial charge in [0.25, 0.3) is 0 Å². The van der Waals surface area contributed by atoms with E-state index in [1.54, 1.807) is 12.1 Å². The van der Waals surface area contributed by atoms with Gasteiger partial charge < -0.3 is 4.74 Å². The van der Waals surface area contributed by atoms with Crippen molar-refractivity contribution in [1.82, 2.24) is 0 Å². The van der Waals surface area contributed by atoms with Crippen molar-refractivity contribution in [3.63, 3.8) is 0 Å². The maximum absolute atomic E-state index is 11.7. The first-order valence-corrected chi connectivity index (χ1v) is 5.17. The van der Waals surface area contributed by atoms with Gasteiger partial charge in [0, 0.05) is 5.22 Å². The van der Waals surface area contributed by atoms with Crippen LogP contribution in [0.3, 0.4) is 0 Å². The van der Waals surface area contributed by atoms with Crippen LogP contribution < -0.4 is 4.74 Å². The number of carbonyl (C=O) groups is 1. The molecule has 2 aliphatic rings. The lowest BCUT2D eigenvalue weighted by atomic mass is 10.1. The molecule has 0 amide bonds.